The highest BCUT2D eigenvalue weighted by molar-refractivity contribution is 6.08. The number of nitrogen functional groups attached to an aromatic ring is 1. The predicted molar refractivity (Wildman–Crippen MR) is 131 cm³/mol. The fourth-order valence-corrected chi connectivity index (χ4v) is 4.31. The van der Waals surface area contributed by atoms with Crippen molar-refractivity contribution in [3.8, 4) is 0 Å². The maximum Gasteiger partial charge on any atom is 0.152 e. The van der Waals surface area contributed by atoms with Crippen LogP contribution in [0.2, 0.25) is 0 Å². The van der Waals surface area contributed by atoms with Crippen LogP contribution in [-0.2, 0) is 24.2 Å². The first kappa shape index (κ1) is 21.1. The molecule has 4 N–H and O–H groups in total. The Hall–Kier alpha value is -3.74. The van der Waals surface area contributed by atoms with Crippen LogP contribution in [0.25, 0.3) is 21.9 Å². The number of H-pyrrole nitrogens is 1. The Balaban J connectivity index is 1.70. The van der Waals surface area contributed by atoms with Crippen molar-refractivity contribution < 1.29 is 9.84 Å². The van der Waals surface area contributed by atoms with Crippen molar-refractivity contribution in [1.82, 2.24) is 15.0 Å². The predicted octanol–water partition coefficient (Wildman–Crippen LogP) is 4.38. The molecule has 0 unspecified atom stereocenters. The highest BCUT2D eigenvalue weighted by atomic mass is 16.5. The van der Waals surface area contributed by atoms with Crippen LogP contribution in [0.5, 0.6) is 0 Å². The molecule has 0 aliphatic carbocycles. The van der Waals surface area contributed by atoms with Crippen LogP contribution in [-0.4, -0.2) is 33.3 Å². The average molecular weight is 439 g/mol. The molecule has 3 aromatic carbocycles. The standard InChI is InChI=1S/C27H26N4O2/c28-27-26-25(30-23(31-26)17-33-14-13-32)24-21(16-19-9-5-2-6-10-19)20(11-12-22(24)29-27)15-18-7-3-1-4-8-18/h1-12,32H,13-17H2,(H2,28,29)(H,30,31). The molecule has 0 radical (unpaired) electrons. The number of benzene rings is 3. The summed E-state index contributed by atoms with van der Waals surface area (Å²) in [5.41, 5.74) is 13.6. The van der Waals surface area contributed by atoms with Crippen molar-refractivity contribution in [3.05, 3.63) is 101 Å². The van der Waals surface area contributed by atoms with Gasteiger partial charge in [-0.3, -0.25) is 0 Å². The first-order valence-corrected chi connectivity index (χ1v) is 11.1. The Bertz CT molecular complexity index is 1380. The fraction of sp³-hybridized carbons (Fsp3) is 0.185. The van der Waals surface area contributed by atoms with Crippen LogP contribution in [0.3, 0.4) is 0 Å². The summed E-state index contributed by atoms with van der Waals surface area (Å²) in [6.45, 7) is 0.497. The molecule has 5 rings (SSSR count). The Morgan fingerprint density at radius 1 is 0.848 bits per heavy atom. The smallest absolute Gasteiger partial charge is 0.152 e. The van der Waals surface area contributed by atoms with Crippen LogP contribution in [0, 0.1) is 0 Å². The third-order valence-electron chi connectivity index (χ3n) is 5.81. The number of aliphatic hydroxyl groups excluding tert-OH is 1. The first-order chi connectivity index (χ1) is 16.2. The number of nitrogens with zero attached hydrogens (tertiary/aromatic N) is 2. The van der Waals surface area contributed by atoms with Crippen molar-refractivity contribution in [2.45, 2.75) is 19.4 Å². The molecule has 2 aromatic heterocycles. The third-order valence-corrected chi connectivity index (χ3v) is 5.81. The van der Waals surface area contributed by atoms with Gasteiger partial charge in [-0.2, -0.15) is 0 Å². The zero-order valence-corrected chi connectivity index (χ0v) is 18.3. The quantitative estimate of drug-likeness (QED) is 0.312. The summed E-state index contributed by atoms with van der Waals surface area (Å²) in [6.07, 6.45) is 1.60. The van der Waals surface area contributed by atoms with E-state index in [0.29, 0.717) is 17.2 Å². The number of nitrogens with two attached hydrogens (primary N) is 1. The minimum atomic E-state index is -0.0308. The summed E-state index contributed by atoms with van der Waals surface area (Å²) in [4.78, 5) is 12.7. The number of aromatic amines is 1. The summed E-state index contributed by atoms with van der Waals surface area (Å²) in [5.74, 6) is 1.06. The number of aromatic nitrogens is 3. The van der Waals surface area contributed by atoms with Crippen molar-refractivity contribution in [1.29, 1.82) is 0 Å². The number of pyridine rings is 1. The van der Waals surface area contributed by atoms with Gasteiger partial charge in [-0.15, -0.1) is 0 Å². The summed E-state index contributed by atoms with van der Waals surface area (Å²) < 4.78 is 5.47. The lowest BCUT2D eigenvalue weighted by atomic mass is 9.91. The monoisotopic (exact) mass is 438 g/mol. The Kier molecular flexibility index (Phi) is 6.02. The topological polar surface area (TPSA) is 97.0 Å². The van der Waals surface area contributed by atoms with E-state index >= 15 is 0 Å². The molecule has 0 bridgehead atoms. The normalized spacial score (nSPS) is 11.4. The number of ether oxygens (including phenoxy) is 1. The highest BCUT2D eigenvalue weighted by Gasteiger charge is 2.18. The Labute approximate surface area is 192 Å². The fourth-order valence-electron chi connectivity index (χ4n) is 4.31. The number of fused-ring (bicyclic) bond motifs is 3. The van der Waals surface area contributed by atoms with Crippen molar-refractivity contribution in [3.63, 3.8) is 0 Å². The summed E-state index contributed by atoms with van der Waals surface area (Å²) in [6, 6.07) is 25.1. The van der Waals surface area contributed by atoms with Gasteiger partial charge in [-0.1, -0.05) is 66.7 Å². The zero-order chi connectivity index (χ0) is 22.6. The molecular formula is C27H26N4O2. The molecule has 33 heavy (non-hydrogen) atoms. The Morgan fingerprint density at radius 2 is 1.55 bits per heavy atom. The number of rotatable bonds is 8. The van der Waals surface area contributed by atoms with Gasteiger partial charge in [0.1, 0.15) is 17.9 Å². The first-order valence-electron chi connectivity index (χ1n) is 11.1. The van der Waals surface area contributed by atoms with Crippen molar-refractivity contribution in [2.75, 3.05) is 18.9 Å². The molecule has 0 atom stereocenters. The maximum atomic E-state index is 9.01. The summed E-state index contributed by atoms with van der Waals surface area (Å²) in [5, 5.41) is 10.1. The van der Waals surface area contributed by atoms with Crippen LogP contribution < -0.4 is 5.73 Å². The molecule has 0 saturated heterocycles. The number of hydrogen-bond donors (Lipinski definition) is 3. The molecule has 0 saturated carbocycles. The van der Waals surface area contributed by atoms with E-state index < -0.39 is 0 Å². The lowest BCUT2D eigenvalue weighted by molar-refractivity contribution is 0.0782. The average Bonchev–Trinajstić information content (AvgIpc) is 3.27. The SMILES string of the molecule is Nc1nc2ccc(Cc3ccccc3)c(Cc3ccccc3)c2c2[nH]c(COCCO)nc12. The van der Waals surface area contributed by atoms with Gasteiger partial charge in [-0.25, -0.2) is 9.97 Å². The zero-order valence-electron chi connectivity index (χ0n) is 18.3. The largest absolute Gasteiger partial charge is 0.394 e. The van der Waals surface area contributed by atoms with Crippen LogP contribution in [0.1, 0.15) is 28.1 Å². The second kappa shape index (κ2) is 9.40. The van der Waals surface area contributed by atoms with Gasteiger partial charge in [0.2, 0.25) is 0 Å². The molecule has 0 amide bonds. The molecule has 166 valence electrons. The highest BCUT2D eigenvalue weighted by Crippen LogP contribution is 2.33. The molecule has 5 aromatic rings. The van der Waals surface area contributed by atoms with E-state index in [2.05, 4.69) is 69.5 Å². The minimum Gasteiger partial charge on any atom is -0.394 e. The van der Waals surface area contributed by atoms with Crippen LogP contribution in [0.4, 0.5) is 5.82 Å². The lowest BCUT2D eigenvalue weighted by Gasteiger charge is -2.15. The molecule has 0 fully saturated rings. The van der Waals surface area contributed by atoms with Gasteiger partial charge in [0.25, 0.3) is 0 Å². The second-order valence-corrected chi connectivity index (χ2v) is 8.10. The van der Waals surface area contributed by atoms with Gasteiger partial charge in [-0.05, 0) is 41.2 Å². The van der Waals surface area contributed by atoms with E-state index in [1.54, 1.807) is 0 Å². The number of aliphatic hydroxyl groups is 1. The molecule has 2 heterocycles. The third kappa shape index (κ3) is 4.44. The molecule has 0 aliphatic heterocycles. The van der Waals surface area contributed by atoms with Gasteiger partial charge in [0.05, 0.1) is 24.2 Å². The number of imidazole rings is 1. The van der Waals surface area contributed by atoms with Crippen molar-refractivity contribution >= 4 is 27.8 Å². The lowest BCUT2D eigenvalue weighted by Crippen LogP contribution is -2.02. The number of anilines is 1. The number of hydrogen-bond acceptors (Lipinski definition) is 5. The summed E-state index contributed by atoms with van der Waals surface area (Å²) >= 11 is 0. The maximum absolute atomic E-state index is 9.01. The molecule has 0 spiro atoms. The molecule has 0 aliphatic rings. The molecule has 6 heteroatoms. The van der Waals surface area contributed by atoms with E-state index in [4.69, 9.17) is 15.6 Å². The van der Waals surface area contributed by atoms with E-state index in [1.807, 2.05) is 18.2 Å². The Morgan fingerprint density at radius 3 is 2.24 bits per heavy atom. The number of nitrogens with one attached hydrogen (secondary N) is 1. The van der Waals surface area contributed by atoms with E-state index in [0.717, 1.165) is 29.3 Å². The molecular weight excluding hydrogens is 412 g/mol. The summed E-state index contributed by atoms with van der Waals surface area (Å²) in [7, 11) is 0. The van der Waals surface area contributed by atoms with Crippen molar-refractivity contribution in [2.24, 2.45) is 0 Å². The van der Waals surface area contributed by atoms with Gasteiger partial charge in [0.15, 0.2) is 5.82 Å². The van der Waals surface area contributed by atoms with Gasteiger partial charge in [0, 0.05) is 5.39 Å². The van der Waals surface area contributed by atoms with Gasteiger partial charge >= 0.3 is 0 Å². The van der Waals surface area contributed by atoms with E-state index in [-0.39, 0.29) is 19.8 Å². The van der Waals surface area contributed by atoms with Gasteiger partial charge < -0.3 is 20.6 Å². The van der Waals surface area contributed by atoms with E-state index in [9.17, 15) is 0 Å². The molecule has 6 nitrogen and oxygen atoms in total. The van der Waals surface area contributed by atoms with Crippen LogP contribution in [0.15, 0.2) is 72.8 Å². The van der Waals surface area contributed by atoms with E-state index in [1.165, 1.54) is 22.3 Å². The van der Waals surface area contributed by atoms with Crippen LogP contribution >= 0.6 is 0 Å². The minimum absolute atomic E-state index is 0.0308. The second-order valence-electron chi connectivity index (χ2n) is 8.10.